The van der Waals surface area contributed by atoms with Crippen molar-refractivity contribution in [3.05, 3.63) is 58.1 Å². The molecule has 25 heavy (non-hydrogen) atoms. The fourth-order valence-corrected chi connectivity index (χ4v) is 3.93. The van der Waals surface area contributed by atoms with Gasteiger partial charge in [-0.3, -0.25) is 9.10 Å². The summed E-state index contributed by atoms with van der Waals surface area (Å²) in [7, 11) is -3.32. The van der Waals surface area contributed by atoms with E-state index in [-0.39, 0.29) is 10.9 Å². The molecule has 1 amide bonds. The molecule has 6 nitrogen and oxygen atoms in total. The highest BCUT2D eigenvalue weighted by Crippen LogP contribution is 2.31. The van der Waals surface area contributed by atoms with Crippen LogP contribution >= 0.6 is 11.6 Å². The molecule has 0 radical (unpaired) electrons. The van der Waals surface area contributed by atoms with Crippen LogP contribution in [-0.4, -0.2) is 27.1 Å². The van der Waals surface area contributed by atoms with Crippen LogP contribution in [0.25, 0.3) is 0 Å². The van der Waals surface area contributed by atoms with Gasteiger partial charge in [-0.15, -0.1) is 0 Å². The minimum absolute atomic E-state index is 0.262. The molecule has 2 aromatic rings. The summed E-state index contributed by atoms with van der Waals surface area (Å²) in [6.45, 7) is 0.379. The van der Waals surface area contributed by atoms with Gasteiger partial charge in [-0.25, -0.2) is 8.42 Å². The van der Waals surface area contributed by atoms with Gasteiger partial charge in [0.05, 0.1) is 22.5 Å². The number of amides is 1. The predicted octanol–water partition coefficient (Wildman–Crippen LogP) is 2.79. The van der Waals surface area contributed by atoms with E-state index >= 15 is 0 Å². The number of nitrogens with one attached hydrogen (secondary N) is 1. The number of fused-ring (bicyclic) bond motifs is 1. The average Bonchev–Trinajstić information content (AvgIpc) is 2.98. The molecule has 0 aromatic heterocycles. The summed E-state index contributed by atoms with van der Waals surface area (Å²) in [5.41, 5.74) is 2.66. The van der Waals surface area contributed by atoms with Crippen LogP contribution in [-0.2, 0) is 16.4 Å². The van der Waals surface area contributed by atoms with E-state index in [1.807, 2.05) is 6.07 Å². The Bertz CT molecular complexity index is 1010. The molecule has 0 bridgehead atoms. The number of hydrogen-bond acceptors (Lipinski definition) is 4. The summed E-state index contributed by atoms with van der Waals surface area (Å²) in [6, 6.07) is 11.5. The Kier molecular flexibility index (Phi) is 4.41. The second-order valence-electron chi connectivity index (χ2n) is 5.69. The Morgan fingerprint density at radius 2 is 2.04 bits per heavy atom. The quantitative estimate of drug-likeness (QED) is 0.893. The van der Waals surface area contributed by atoms with E-state index in [4.69, 9.17) is 16.9 Å². The van der Waals surface area contributed by atoms with Gasteiger partial charge in [-0.1, -0.05) is 11.6 Å². The maximum atomic E-state index is 12.4. The average molecular weight is 376 g/mol. The summed E-state index contributed by atoms with van der Waals surface area (Å²) in [4.78, 5) is 12.4. The zero-order valence-electron chi connectivity index (χ0n) is 13.3. The van der Waals surface area contributed by atoms with Crippen molar-refractivity contribution in [1.82, 2.24) is 0 Å². The zero-order chi connectivity index (χ0) is 18.2. The Morgan fingerprint density at radius 3 is 2.68 bits per heavy atom. The molecule has 8 heteroatoms. The normalized spacial score (nSPS) is 13.2. The highest BCUT2D eigenvalue weighted by Gasteiger charge is 2.26. The van der Waals surface area contributed by atoms with Crippen LogP contribution in [0.2, 0.25) is 5.02 Å². The van der Waals surface area contributed by atoms with E-state index < -0.39 is 10.0 Å². The van der Waals surface area contributed by atoms with Gasteiger partial charge < -0.3 is 5.32 Å². The molecule has 0 spiro atoms. The number of benzene rings is 2. The Morgan fingerprint density at radius 1 is 1.28 bits per heavy atom. The fraction of sp³-hybridized carbons (Fsp3) is 0.176. The van der Waals surface area contributed by atoms with Crippen molar-refractivity contribution in [3.8, 4) is 6.07 Å². The number of hydrogen-bond donors (Lipinski definition) is 1. The molecule has 1 aliphatic heterocycles. The summed E-state index contributed by atoms with van der Waals surface area (Å²) in [5.74, 6) is -0.332. The third kappa shape index (κ3) is 3.45. The first-order chi connectivity index (χ1) is 11.8. The number of carbonyl (C=O) groups is 1. The van der Waals surface area contributed by atoms with Gasteiger partial charge in [0.1, 0.15) is 6.07 Å². The van der Waals surface area contributed by atoms with E-state index in [2.05, 4.69) is 5.32 Å². The Balaban J connectivity index is 1.83. The number of nitriles is 1. The first-order valence-electron chi connectivity index (χ1n) is 7.41. The Labute approximate surface area is 150 Å². The van der Waals surface area contributed by atoms with Crippen molar-refractivity contribution in [2.24, 2.45) is 0 Å². The maximum Gasteiger partial charge on any atom is 0.255 e. The third-order valence-electron chi connectivity index (χ3n) is 3.94. The molecule has 1 heterocycles. The number of halogens is 1. The largest absolute Gasteiger partial charge is 0.322 e. The number of sulfonamides is 1. The first kappa shape index (κ1) is 17.3. The third-order valence-corrected chi connectivity index (χ3v) is 5.43. The lowest BCUT2D eigenvalue weighted by Crippen LogP contribution is -2.27. The van der Waals surface area contributed by atoms with Crippen molar-refractivity contribution >= 4 is 38.9 Å². The van der Waals surface area contributed by atoms with Crippen LogP contribution in [0.3, 0.4) is 0 Å². The smallest absolute Gasteiger partial charge is 0.255 e. The molecule has 1 aliphatic rings. The minimum Gasteiger partial charge on any atom is -0.322 e. The highest BCUT2D eigenvalue weighted by atomic mass is 35.5. The summed E-state index contributed by atoms with van der Waals surface area (Å²) in [5, 5.41) is 11.8. The molecule has 0 aliphatic carbocycles. The van der Waals surface area contributed by atoms with E-state index in [1.54, 1.807) is 24.3 Å². The molecule has 0 saturated heterocycles. The standard InChI is InChI=1S/C17H14ClN3O3S/c1-25(23,24)21-7-6-11-8-12(3-5-16(11)21)17(22)20-14-4-2-13(10-19)15(18)9-14/h2-5,8-9H,6-7H2,1H3,(H,20,22). The summed E-state index contributed by atoms with van der Waals surface area (Å²) >= 11 is 5.96. The van der Waals surface area contributed by atoms with Crippen LogP contribution in [0.15, 0.2) is 36.4 Å². The Hall–Kier alpha value is -2.56. The molecular formula is C17H14ClN3O3S. The number of rotatable bonds is 3. The van der Waals surface area contributed by atoms with Gasteiger partial charge in [0.15, 0.2) is 0 Å². The highest BCUT2D eigenvalue weighted by molar-refractivity contribution is 7.92. The van der Waals surface area contributed by atoms with Gasteiger partial charge in [0.2, 0.25) is 10.0 Å². The van der Waals surface area contributed by atoms with Crippen LogP contribution in [0.5, 0.6) is 0 Å². The molecule has 0 saturated carbocycles. The second-order valence-corrected chi connectivity index (χ2v) is 8.00. The van der Waals surface area contributed by atoms with Gasteiger partial charge in [-0.05, 0) is 48.4 Å². The predicted molar refractivity (Wildman–Crippen MR) is 96.5 cm³/mol. The van der Waals surface area contributed by atoms with E-state index in [0.29, 0.717) is 35.5 Å². The molecular weight excluding hydrogens is 362 g/mol. The summed E-state index contributed by atoms with van der Waals surface area (Å²) in [6.07, 6.45) is 1.73. The van der Waals surface area contributed by atoms with Crippen LogP contribution in [0.4, 0.5) is 11.4 Å². The monoisotopic (exact) mass is 375 g/mol. The van der Waals surface area contributed by atoms with Crippen molar-refractivity contribution < 1.29 is 13.2 Å². The molecule has 1 N–H and O–H groups in total. The fourth-order valence-electron chi connectivity index (χ4n) is 2.74. The minimum atomic E-state index is -3.32. The van der Waals surface area contributed by atoms with E-state index in [9.17, 15) is 13.2 Å². The molecule has 2 aromatic carbocycles. The van der Waals surface area contributed by atoms with E-state index in [0.717, 1.165) is 11.8 Å². The van der Waals surface area contributed by atoms with Crippen molar-refractivity contribution in [2.45, 2.75) is 6.42 Å². The SMILES string of the molecule is CS(=O)(=O)N1CCc2cc(C(=O)Nc3ccc(C#N)c(Cl)c3)ccc21. The lowest BCUT2D eigenvalue weighted by molar-refractivity contribution is 0.102. The summed E-state index contributed by atoms with van der Waals surface area (Å²) < 4.78 is 24.8. The lowest BCUT2D eigenvalue weighted by Gasteiger charge is -2.16. The van der Waals surface area contributed by atoms with Crippen LogP contribution in [0.1, 0.15) is 21.5 Å². The van der Waals surface area contributed by atoms with Crippen LogP contribution < -0.4 is 9.62 Å². The molecule has 3 rings (SSSR count). The van der Waals surface area contributed by atoms with Crippen molar-refractivity contribution in [3.63, 3.8) is 0 Å². The number of anilines is 2. The van der Waals surface area contributed by atoms with Gasteiger partial charge in [0, 0.05) is 17.8 Å². The first-order valence-corrected chi connectivity index (χ1v) is 9.64. The topological polar surface area (TPSA) is 90.3 Å². The van der Waals surface area contributed by atoms with Crippen LogP contribution in [0, 0.1) is 11.3 Å². The van der Waals surface area contributed by atoms with Crippen molar-refractivity contribution in [1.29, 1.82) is 5.26 Å². The van der Waals surface area contributed by atoms with E-state index in [1.165, 1.54) is 16.4 Å². The maximum absolute atomic E-state index is 12.4. The van der Waals surface area contributed by atoms with Crippen molar-refractivity contribution in [2.75, 3.05) is 22.4 Å². The molecule has 128 valence electrons. The zero-order valence-corrected chi connectivity index (χ0v) is 14.9. The molecule has 0 fully saturated rings. The molecule has 0 atom stereocenters. The van der Waals surface area contributed by atoms with Gasteiger partial charge >= 0.3 is 0 Å². The lowest BCUT2D eigenvalue weighted by atomic mass is 10.1. The number of nitrogens with zero attached hydrogens (tertiary/aromatic N) is 2. The van der Waals surface area contributed by atoms with Gasteiger partial charge in [-0.2, -0.15) is 5.26 Å². The number of carbonyl (C=O) groups excluding carboxylic acids is 1. The molecule has 0 unspecified atom stereocenters. The second kappa shape index (κ2) is 6.39. The van der Waals surface area contributed by atoms with Gasteiger partial charge in [0.25, 0.3) is 5.91 Å².